The molecule has 0 radical (unpaired) electrons. The van der Waals surface area contributed by atoms with Crippen molar-refractivity contribution in [2.45, 2.75) is 19.3 Å². The summed E-state index contributed by atoms with van der Waals surface area (Å²) in [5.74, 6) is 0. The van der Waals surface area contributed by atoms with Gasteiger partial charge >= 0.3 is 0 Å². The topological polar surface area (TPSA) is 16.4 Å². The zero-order valence-electron chi connectivity index (χ0n) is 28.6. The lowest BCUT2D eigenvalue weighted by molar-refractivity contribution is 0.660. The Morgan fingerprint density at radius 1 is 0.451 bits per heavy atom. The van der Waals surface area contributed by atoms with Crippen LogP contribution in [0.15, 0.2) is 180 Å². The van der Waals surface area contributed by atoms with Crippen molar-refractivity contribution in [2.75, 3.05) is 4.90 Å². The summed E-state index contributed by atoms with van der Waals surface area (Å²) in [7, 11) is 0. The molecule has 10 rings (SSSR count). The molecule has 0 unspecified atom stereocenters. The van der Waals surface area contributed by atoms with E-state index in [-0.39, 0.29) is 5.41 Å². The number of rotatable bonds is 5. The van der Waals surface area contributed by atoms with E-state index in [4.69, 9.17) is 4.42 Å². The molecule has 242 valence electrons. The Morgan fingerprint density at radius 2 is 1.12 bits per heavy atom. The van der Waals surface area contributed by atoms with Gasteiger partial charge in [0, 0.05) is 38.4 Å². The fourth-order valence-electron chi connectivity index (χ4n) is 8.35. The first kappa shape index (κ1) is 29.5. The van der Waals surface area contributed by atoms with E-state index in [1.807, 2.05) is 0 Å². The van der Waals surface area contributed by atoms with Gasteiger partial charge in [-0.15, -0.1) is 0 Å². The zero-order chi connectivity index (χ0) is 34.1. The lowest BCUT2D eigenvalue weighted by atomic mass is 9.82. The summed E-state index contributed by atoms with van der Waals surface area (Å²) in [6.45, 7) is 4.69. The minimum atomic E-state index is -0.0992. The van der Waals surface area contributed by atoms with Crippen LogP contribution in [0, 0.1) is 0 Å². The molecule has 9 aromatic rings. The maximum absolute atomic E-state index is 6.54. The van der Waals surface area contributed by atoms with E-state index in [1.165, 1.54) is 44.5 Å². The summed E-state index contributed by atoms with van der Waals surface area (Å²) in [6.07, 6.45) is 0. The number of furan rings is 1. The van der Waals surface area contributed by atoms with Gasteiger partial charge in [-0.3, -0.25) is 0 Å². The van der Waals surface area contributed by atoms with Crippen molar-refractivity contribution in [2.24, 2.45) is 0 Å². The molecule has 0 amide bonds. The second kappa shape index (κ2) is 11.3. The molecule has 0 aliphatic heterocycles. The highest BCUT2D eigenvalue weighted by Crippen LogP contribution is 2.55. The first-order valence-corrected chi connectivity index (χ1v) is 17.7. The molecule has 51 heavy (non-hydrogen) atoms. The van der Waals surface area contributed by atoms with Crippen molar-refractivity contribution in [1.82, 2.24) is 0 Å². The average Bonchev–Trinajstić information content (AvgIpc) is 3.68. The van der Waals surface area contributed by atoms with Crippen LogP contribution in [-0.2, 0) is 5.41 Å². The van der Waals surface area contributed by atoms with Crippen LogP contribution in [0.4, 0.5) is 17.1 Å². The molecule has 2 nitrogen and oxygen atoms in total. The minimum Gasteiger partial charge on any atom is -0.455 e. The molecular weight excluding hydrogens is 619 g/mol. The number of benzene rings is 8. The van der Waals surface area contributed by atoms with Gasteiger partial charge in [-0.1, -0.05) is 147 Å². The van der Waals surface area contributed by atoms with Crippen LogP contribution in [0.3, 0.4) is 0 Å². The summed E-state index contributed by atoms with van der Waals surface area (Å²) >= 11 is 0. The highest BCUT2D eigenvalue weighted by Gasteiger charge is 2.37. The summed E-state index contributed by atoms with van der Waals surface area (Å²) in [6, 6.07) is 63.6. The molecule has 1 aliphatic carbocycles. The Kier molecular flexibility index (Phi) is 6.56. The van der Waals surface area contributed by atoms with E-state index >= 15 is 0 Å². The van der Waals surface area contributed by atoms with Crippen LogP contribution >= 0.6 is 0 Å². The number of para-hydroxylation sites is 1. The Bertz CT molecular complexity index is 2770. The van der Waals surface area contributed by atoms with Crippen LogP contribution in [0.2, 0.25) is 0 Å². The first-order valence-electron chi connectivity index (χ1n) is 17.7. The largest absolute Gasteiger partial charge is 0.455 e. The number of anilines is 3. The molecule has 0 saturated carbocycles. The summed E-state index contributed by atoms with van der Waals surface area (Å²) < 4.78 is 6.54. The first-order chi connectivity index (χ1) is 25.1. The maximum Gasteiger partial charge on any atom is 0.143 e. The molecule has 0 N–H and O–H groups in total. The van der Waals surface area contributed by atoms with Crippen molar-refractivity contribution in [1.29, 1.82) is 0 Å². The highest BCUT2D eigenvalue weighted by atomic mass is 16.3. The van der Waals surface area contributed by atoms with E-state index in [2.05, 4.69) is 195 Å². The molecule has 1 heterocycles. The third-order valence-electron chi connectivity index (χ3n) is 10.9. The molecule has 0 atom stereocenters. The lowest BCUT2D eigenvalue weighted by Crippen LogP contribution is -2.16. The van der Waals surface area contributed by atoms with Gasteiger partial charge in [0.15, 0.2) is 0 Å². The van der Waals surface area contributed by atoms with E-state index in [0.717, 1.165) is 49.8 Å². The molecule has 2 heteroatoms. The fraction of sp³-hybridized carbons (Fsp3) is 0.0612. The van der Waals surface area contributed by atoms with Gasteiger partial charge in [0.1, 0.15) is 11.2 Å². The van der Waals surface area contributed by atoms with Crippen molar-refractivity contribution < 1.29 is 4.42 Å². The Balaban J connectivity index is 1.14. The molecule has 0 fully saturated rings. The third-order valence-corrected chi connectivity index (χ3v) is 10.9. The van der Waals surface area contributed by atoms with Crippen LogP contribution in [0.25, 0.3) is 66.1 Å². The van der Waals surface area contributed by atoms with Gasteiger partial charge in [0.05, 0.1) is 11.4 Å². The van der Waals surface area contributed by atoms with E-state index in [1.54, 1.807) is 0 Å². The predicted molar refractivity (Wildman–Crippen MR) is 214 cm³/mol. The lowest BCUT2D eigenvalue weighted by Gasteiger charge is -2.30. The number of hydrogen-bond donors (Lipinski definition) is 0. The van der Waals surface area contributed by atoms with Gasteiger partial charge in [-0.25, -0.2) is 0 Å². The molecule has 0 bridgehead atoms. The van der Waals surface area contributed by atoms with Crippen molar-refractivity contribution >= 4 is 49.8 Å². The number of hydrogen-bond acceptors (Lipinski definition) is 2. The maximum atomic E-state index is 6.54. The van der Waals surface area contributed by atoms with Crippen LogP contribution in [0.1, 0.15) is 25.0 Å². The monoisotopic (exact) mass is 653 g/mol. The van der Waals surface area contributed by atoms with Crippen molar-refractivity contribution in [3.8, 4) is 33.4 Å². The summed E-state index contributed by atoms with van der Waals surface area (Å²) in [5.41, 5.74) is 15.2. The van der Waals surface area contributed by atoms with Gasteiger partial charge in [-0.2, -0.15) is 0 Å². The fourth-order valence-corrected chi connectivity index (χ4v) is 8.35. The van der Waals surface area contributed by atoms with E-state index in [9.17, 15) is 0 Å². The Labute approximate surface area is 297 Å². The summed E-state index contributed by atoms with van der Waals surface area (Å²) in [5, 5.41) is 4.63. The molecule has 1 aromatic heterocycles. The standard InChI is InChI=1S/C49H35NO/c1-49(2)42-19-10-8-18-41(42)47-43(49)20-12-22-45(47)50(44-21-11-9-16-37(44)33-13-4-3-5-14-33)36-27-23-32(24-28-36)35-26-29-39-40-30-25-34-15-6-7-17-38(34)48(40)51-46(39)31-35/h3-31H,1-2H3. The Hall–Kier alpha value is -6.38. The highest BCUT2D eigenvalue weighted by molar-refractivity contribution is 6.15. The van der Waals surface area contributed by atoms with Gasteiger partial charge < -0.3 is 9.32 Å². The SMILES string of the molecule is CC1(C)c2ccccc2-c2c(N(c3ccc(-c4ccc5c(c4)oc4c6ccccc6ccc54)cc3)c3ccccc3-c3ccccc3)cccc21. The molecular formula is C49H35NO. The Morgan fingerprint density at radius 3 is 1.98 bits per heavy atom. The number of nitrogens with zero attached hydrogens (tertiary/aromatic N) is 1. The smallest absolute Gasteiger partial charge is 0.143 e. The second-order valence-electron chi connectivity index (χ2n) is 14.1. The van der Waals surface area contributed by atoms with E-state index < -0.39 is 0 Å². The normalized spacial score (nSPS) is 13.1. The van der Waals surface area contributed by atoms with Crippen LogP contribution in [0.5, 0.6) is 0 Å². The molecule has 1 aliphatic rings. The molecule has 0 spiro atoms. The van der Waals surface area contributed by atoms with Crippen molar-refractivity contribution in [3.63, 3.8) is 0 Å². The van der Waals surface area contributed by atoms with Gasteiger partial charge in [0.25, 0.3) is 0 Å². The minimum absolute atomic E-state index is 0.0992. The second-order valence-corrected chi connectivity index (χ2v) is 14.1. The number of fused-ring (bicyclic) bond motifs is 8. The van der Waals surface area contributed by atoms with Gasteiger partial charge in [-0.05, 0) is 81.2 Å². The van der Waals surface area contributed by atoms with Crippen LogP contribution in [-0.4, -0.2) is 0 Å². The average molecular weight is 654 g/mol. The predicted octanol–water partition coefficient (Wildman–Crippen LogP) is 13.8. The van der Waals surface area contributed by atoms with Crippen LogP contribution < -0.4 is 4.90 Å². The third kappa shape index (κ3) is 4.57. The zero-order valence-corrected chi connectivity index (χ0v) is 28.6. The molecule has 8 aromatic carbocycles. The quantitative estimate of drug-likeness (QED) is 0.184. The summed E-state index contributed by atoms with van der Waals surface area (Å²) in [4.78, 5) is 2.46. The molecule has 0 saturated heterocycles. The van der Waals surface area contributed by atoms with Crippen molar-refractivity contribution in [3.05, 3.63) is 187 Å². The van der Waals surface area contributed by atoms with E-state index in [0.29, 0.717) is 0 Å². The van der Waals surface area contributed by atoms with Gasteiger partial charge in [0.2, 0.25) is 0 Å².